The maximum Gasteiger partial charge on any atom is 0.137 e. The van der Waals surface area contributed by atoms with Crippen molar-refractivity contribution in [1.29, 1.82) is 0 Å². The van der Waals surface area contributed by atoms with E-state index >= 15 is 0 Å². The SMILES string of the molecule is C=C(C)c1c(N)cnc2[nH]ccc12. The Balaban J connectivity index is 2.88. The highest BCUT2D eigenvalue weighted by Gasteiger charge is 2.06. The molecule has 0 aliphatic rings. The van der Waals surface area contributed by atoms with Crippen LogP contribution in [0.1, 0.15) is 12.5 Å². The third-order valence-corrected chi connectivity index (χ3v) is 2.04. The fraction of sp³-hybridized carbons (Fsp3) is 0.100. The summed E-state index contributed by atoms with van der Waals surface area (Å²) in [7, 11) is 0. The smallest absolute Gasteiger partial charge is 0.137 e. The second kappa shape index (κ2) is 2.62. The van der Waals surface area contributed by atoms with Gasteiger partial charge < -0.3 is 10.7 Å². The number of nitrogens with two attached hydrogens (primary N) is 1. The summed E-state index contributed by atoms with van der Waals surface area (Å²) < 4.78 is 0. The highest BCUT2D eigenvalue weighted by Crippen LogP contribution is 2.26. The first-order valence-corrected chi connectivity index (χ1v) is 4.07. The van der Waals surface area contributed by atoms with Gasteiger partial charge in [0.15, 0.2) is 0 Å². The van der Waals surface area contributed by atoms with Gasteiger partial charge in [0.25, 0.3) is 0 Å². The Morgan fingerprint density at radius 1 is 1.62 bits per heavy atom. The molecule has 0 saturated heterocycles. The summed E-state index contributed by atoms with van der Waals surface area (Å²) in [5.41, 5.74) is 9.30. The van der Waals surface area contributed by atoms with Crippen LogP contribution in [0.2, 0.25) is 0 Å². The summed E-state index contributed by atoms with van der Waals surface area (Å²) >= 11 is 0. The number of nitrogens with one attached hydrogen (secondary N) is 1. The lowest BCUT2D eigenvalue weighted by Gasteiger charge is -2.05. The second-order valence-electron chi connectivity index (χ2n) is 3.11. The molecular formula is C10H11N3. The number of aromatic amines is 1. The Morgan fingerprint density at radius 3 is 3.08 bits per heavy atom. The number of rotatable bonds is 1. The fourth-order valence-electron chi connectivity index (χ4n) is 1.50. The molecule has 3 N–H and O–H groups in total. The quantitative estimate of drug-likeness (QED) is 0.694. The molecule has 0 saturated carbocycles. The van der Waals surface area contributed by atoms with Crippen LogP contribution in [0.3, 0.4) is 0 Å². The van der Waals surface area contributed by atoms with Crippen LogP contribution >= 0.6 is 0 Å². The molecule has 66 valence electrons. The lowest BCUT2D eigenvalue weighted by atomic mass is 10.1. The molecule has 0 aliphatic carbocycles. The van der Waals surface area contributed by atoms with E-state index in [0.717, 1.165) is 22.2 Å². The molecule has 0 spiro atoms. The number of H-pyrrole nitrogens is 1. The first kappa shape index (κ1) is 7.86. The maximum atomic E-state index is 5.81. The second-order valence-corrected chi connectivity index (χ2v) is 3.11. The van der Waals surface area contributed by atoms with Crippen molar-refractivity contribution >= 4 is 22.3 Å². The fourth-order valence-corrected chi connectivity index (χ4v) is 1.50. The van der Waals surface area contributed by atoms with Crippen molar-refractivity contribution in [1.82, 2.24) is 9.97 Å². The molecule has 2 heterocycles. The summed E-state index contributed by atoms with van der Waals surface area (Å²) in [5.74, 6) is 0. The van der Waals surface area contributed by atoms with E-state index in [4.69, 9.17) is 5.73 Å². The molecule has 2 rings (SSSR count). The minimum atomic E-state index is 0.680. The minimum Gasteiger partial charge on any atom is -0.397 e. The highest BCUT2D eigenvalue weighted by atomic mass is 14.8. The molecule has 0 amide bonds. The molecule has 3 nitrogen and oxygen atoms in total. The van der Waals surface area contributed by atoms with Gasteiger partial charge in [0.05, 0.1) is 11.9 Å². The predicted octanol–water partition coefficient (Wildman–Crippen LogP) is 2.18. The Morgan fingerprint density at radius 2 is 2.38 bits per heavy atom. The monoisotopic (exact) mass is 173 g/mol. The van der Waals surface area contributed by atoms with Gasteiger partial charge >= 0.3 is 0 Å². The van der Waals surface area contributed by atoms with Crippen LogP contribution in [0.5, 0.6) is 0 Å². The van der Waals surface area contributed by atoms with E-state index in [-0.39, 0.29) is 0 Å². The van der Waals surface area contributed by atoms with E-state index in [2.05, 4.69) is 16.5 Å². The Labute approximate surface area is 76.3 Å². The van der Waals surface area contributed by atoms with E-state index in [1.54, 1.807) is 6.20 Å². The Hall–Kier alpha value is -1.77. The molecule has 0 unspecified atom stereocenters. The van der Waals surface area contributed by atoms with Gasteiger partial charge in [-0.2, -0.15) is 0 Å². The molecule has 0 atom stereocenters. The average molecular weight is 173 g/mol. The van der Waals surface area contributed by atoms with Gasteiger partial charge in [0.2, 0.25) is 0 Å². The summed E-state index contributed by atoms with van der Waals surface area (Å²) in [6.07, 6.45) is 3.51. The van der Waals surface area contributed by atoms with Crippen LogP contribution < -0.4 is 5.73 Å². The Bertz CT molecular complexity index is 468. The van der Waals surface area contributed by atoms with E-state index in [9.17, 15) is 0 Å². The van der Waals surface area contributed by atoms with Crippen molar-refractivity contribution in [2.75, 3.05) is 5.73 Å². The van der Waals surface area contributed by atoms with E-state index in [1.807, 2.05) is 19.2 Å². The number of pyridine rings is 1. The van der Waals surface area contributed by atoms with E-state index in [0.29, 0.717) is 5.69 Å². The van der Waals surface area contributed by atoms with Gasteiger partial charge in [-0.05, 0) is 18.6 Å². The zero-order valence-electron chi connectivity index (χ0n) is 7.46. The van der Waals surface area contributed by atoms with Crippen molar-refractivity contribution < 1.29 is 0 Å². The summed E-state index contributed by atoms with van der Waals surface area (Å²) in [6, 6.07) is 1.96. The molecule has 0 aromatic carbocycles. The van der Waals surface area contributed by atoms with Crippen LogP contribution in [0.15, 0.2) is 25.0 Å². The molecule has 2 aromatic heterocycles. The zero-order chi connectivity index (χ0) is 9.42. The lowest BCUT2D eigenvalue weighted by Crippen LogP contribution is -1.94. The van der Waals surface area contributed by atoms with Crippen molar-refractivity contribution in [3.63, 3.8) is 0 Å². The van der Waals surface area contributed by atoms with Crippen molar-refractivity contribution in [3.05, 3.63) is 30.6 Å². The van der Waals surface area contributed by atoms with Gasteiger partial charge in [0, 0.05) is 17.1 Å². The first-order chi connectivity index (χ1) is 6.20. The lowest BCUT2D eigenvalue weighted by molar-refractivity contribution is 1.32. The molecule has 0 fully saturated rings. The number of nitrogens with zero attached hydrogens (tertiary/aromatic N) is 1. The van der Waals surface area contributed by atoms with Crippen LogP contribution in [0.4, 0.5) is 5.69 Å². The van der Waals surface area contributed by atoms with Gasteiger partial charge in [-0.15, -0.1) is 0 Å². The minimum absolute atomic E-state index is 0.680. The van der Waals surface area contributed by atoms with Crippen LogP contribution in [0.25, 0.3) is 16.6 Å². The third kappa shape index (κ3) is 1.09. The Kier molecular flexibility index (Phi) is 1.59. The normalized spacial score (nSPS) is 10.5. The van der Waals surface area contributed by atoms with Crippen LogP contribution in [-0.2, 0) is 0 Å². The maximum absolute atomic E-state index is 5.81. The number of fused-ring (bicyclic) bond motifs is 1. The number of aromatic nitrogens is 2. The molecule has 0 radical (unpaired) electrons. The number of anilines is 1. The molecule has 0 aliphatic heterocycles. The topological polar surface area (TPSA) is 54.7 Å². The number of nitrogen functional groups attached to an aromatic ring is 1. The van der Waals surface area contributed by atoms with Gasteiger partial charge in [-0.25, -0.2) is 4.98 Å². The van der Waals surface area contributed by atoms with Crippen LogP contribution in [0, 0.1) is 0 Å². The van der Waals surface area contributed by atoms with Gasteiger partial charge in [-0.3, -0.25) is 0 Å². The average Bonchev–Trinajstić information content (AvgIpc) is 2.50. The van der Waals surface area contributed by atoms with Gasteiger partial charge in [-0.1, -0.05) is 6.58 Å². The number of allylic oxidation sites excluding steroid dienone is 1. The molecular weight excluding hydrogens is 162 g/mol. The predicted molar refractivity (Wildman–Crippen MR) is 55.2 cm³/mol. The van der Waals surface area contributed by atoms with E-state index in [1.165, 1.54) is 0 Å². The zero-order valence-corrected chi connectivity index (χ0v) is 7.46. The van der Waals surface area contributed by atoms with Gasteiger partial charge in [0.1, 0.15) is 5.65 Å². The van der Waals surface area contributed by atoms with Crippen molar-refractivity contribution in [3.8, 4) is 0 Å². The summed E-state index contributed by atoms with van der Waals surface area (Å²) in [6.45, 7) is 5.84. The van der Waals surface area contributed by atoms with Crippen LogP contribution in [-0.4, -0.2) is 9.97 Å². The number of hydrogen-bond acceptors (Lipinski definition) is 2. The molecule has 0 bridgehead atoms. The summed E-state index contributed by atoms with van der Waals surface area (Å²) in [4.78, 5) is 7.20. The summed E-state index contributed by atoms with van der Waals surface area (Å²) in [5, 5.41) is 1.03. The highest BCUT2D eigenvalue weighted by molar-refractivity contribution is 5.94. The molecule has 3 heteroatoms. The van der Waals surface area contributed by atoms with Crippen molar-refractivity contribution in [2.45, 2.75) is 6.92 Å². The number of hydrogen-bond donors (Lipinski definition) is 2. The molecule has 13 heavy (non-hydrogen) atoms. The first-order valence-electron chi connectivity index (χ1n) is 4.07. The largest absolute Gasteiger partial charge is 0.397 e. The molecule has 2 aromatic rings. The standard InChI is InChI=1S/C10H11N3/c1-6(2)9-7-3-4-12-10(7)13-5-8(9)11/h3-5H,1,11H2,2H3,(H,12,13). The third-order valence-electron chi connectivity index (χ3n) is 2.04. The van der Waals surface area contributed by atoms with E-state index < -0.39 is 0 Å². The van der Waals surface area contributed by atoms with Crippen molar-refractivity contribution in [2.24, 2.45) is 0 Å².